The summed E-state index contributed by atoms with van der Waals surface area (Å²) in [7, 11) is 0. The number of nitrogens with zero attached hydrogens (tertiary/aromatic N) is 2. The second kappa shape index (κ2) is 4.59. The Bertz CT molecular complexity index is 598. The monoisotopic (exact) mass is 258 g/mol. The van der Waals surface area contributed by atoms with Gasteiger partial charge in [-0.15, -0.1) is 0 Å². The van der Waals surface area contributed by atoms with Crippen molar-refractivity contribution in [2.45, 2.75) is 18.4 Å². The first kappa shape index (κ1) is 11.5. The first-order chi connectivity index (χ1) is 8.79. The molecule has 1 aliphatic rings. The predicted octanol–water partition coefficient (Wildman–Crippen LogP) is 2.48. The molecule has 1 aromatic heterocycles. The number of aryl methyl sites for hydroxylation is 1. The number of nitrogens with two attached hydrogens (primary N) is 1. The molecule has 5 heteroatoms. The zero-order chi connectivity index (χ0) is 12.5. The molecule has 0 fully saturated rings. The van der Waals surface area contributed by atoms with Crippen LogP contribution in [0.4, 0.5) is 5.82 Å². The fourth-order valence-electron chi connectivity index (χ4n) is 2.11. The van der Waals surface area contributed by atoms with Gasteiger partial charge in [-0.25, -0.2) is 15.8 Å². The van der Waals surface area contributed by atoms with Gasteiger partial charge in [-0.05, 0) is 12.5 Å². The second-order valence-corrected chi connectivity index (χ2v) is 5.26. The number of hydrazine groups is 1. The molecule has 0 atom stereocenters. The Morgan fingerprint density at radius 1 is 1.22 bits per heavy atom. The van der Waals surface area contributed by atoms with Gasteiger partial charge in [0, 0.05) is 22.6 Å². The van der Waals surface area contributed by atoms with Gasteiger partial charge < -0.3 is 5.43 Å². The summed E-state index contributed by atoms with van der Waals surface area (Å²) in [5.41, 5.74) is 7.17. The Morgan fingerprint density at radius 2 is 2.06 bits per heavy atom. The van der Waals surface area contributed by atoms with Gasteiger partial charge >= 0.3 is 0 Å². The standard InChI is InChI=1S/C13H14N4S/c1-8-4-2-3-5-9(8)12-15-11-7-18-6-10(11)13(16-12)17-14/h2-5H,6-7,14H2,1H3,(H,15,16,17). The van der Waals surface area contributed by atoms with Gasteiger partial charge in [-0.3, -0.25) is 0 Å². The zero-order valence-corrected chi connectivity index (χ0v) is 10.9. The van der Waals surface area contributed by atoms with E-state index >= 15 is 0 Å². The first-order valence-corrected chi connectivity index (χ1v) is 6.95. The van der Waals surface area contributed by atoms with E-state index in [1.165, 1.54) is 5.56 Å². The van der Waals surface area contributed by atoms with Crippen LogP contribution in [0.2, 0.25) is 0 Å². The molecular formula is C13H14N4S. The number of nitrogens with one attached hydrogen (secondary N) is 1. The molecule has 3 N–H and O–H groups in total. The summed E-state index contributed by atoms with van der Waals surface area (Å²) in [6, 6.07) is 8.13. The maximum atomic E-state index is 5.56. The van der Waals surface area contributed by atoms with Crippen molar-refractivity contribution >= 4 is 17.6 Å². The van der Waals surface area contributed by atoms with Crippen molar-refractivity contribution in [1.82, 2.24) is 9.97 Å². The third-order valence-corrected chi connectivity index (χ3v) is 4.07. The Balaban J connectivity index is 2.17. The summed E-state index contributed by atoms with van der Waals surface area (Å²) in [5.74, 6) is 8.93. The molecule has 18 heavy (non-hydrogen) atoms. The highest BCUT2D eigenvalue weighted by molar-refractivity contribution is 7.98. The van der Waals surface area contributed by atoms with Gasteiger partial charge in [0.15, 0.2) is 5.82 Å². The topological polar surface area (TPSA) is 63.8 Å². The highest BCUT2D eigenvalue weighted by Gasteiger charge is 2.20. The van der Waals surface area contributed by atoms with Crippen LogP contribution in [-0.4, -0.2) is 9.97 Å². The lowest BCUT2D eigenvalue weighted by atomic mass is 10.1. The molecule has 0 saturated carbocycles. The fourth-order valence-corrected chi connectivity index (χ4v) is 3.16. The van der Waals surface area contributed by atoms with E-state index in [2.05, 4.69) is 28.4 Å². The van der Waals surface area contributed by atoms with E-state index in [-0.39, 0.29) is 0 Å². The van der Waals surface area contributed by atoms with Crippen LogP contribution in [0.25, 0.3) is 11.4 Å². The molecule has 0 bridgehead atoms. The number of hydrogen-bond acceptors (Lipinski definition) is 5. The van der Waals surface area contributed by atoms with Gasteiger partial charge in [0.25, 0.3) is 0 Å². The van der Waals surface area contributed by atoms with Crippen LogP contribution in [0.5, 0.6) is 0 Å². The van der Waals surface area contributed by atoms with E-state index in [1.54, 1.807) is 0 Å². The van der Waals surface area contributed by atoms with Crippen molar-refractivity contribution < 1.29 is 0 Å². The molecule has 0 aliphatic carbocycles. The third kappa shape index (κ3) is 1.85. The van der Waals surface area contributed by atoms with E-state index in [9.17, 15) is 0 Å². The summed E-state index contributed by atoms with van der Waals surface area (Å²) < 4.78 is 0. The van der Waals surface area contributed by atoms with Crippen molar-refractivity contribution in [3.63, 3.8) is 0 Å². The number of aromatic nitrogens is 2. The molecule has 3 rings (SSSR count). The third-order valence-electron chi connectivity index (χ3n) is 3.10. The Hall–Kier alpha value is -1.59. The number of anilines is 1. The lowest BCUT2D eigenvalue weighted by Gasteiger charge is -2.10. The van der Waals surface area contributed by atoms with Gasteiger partial charge in [0.05, 0.1) is 5.69 Å². The van der Waals surface area contributed by atoms with Crippen molar-refractivity contribution in [3.05, 3.63) is 41.1 Å². The van der Waals surface area contributed by atoms with Gasteiger partial charge in [-0.2, -0.15) is 11.8 Å². The van der Waals surface area contributed by atoms with E-state index in [0.29, 0.717) is 0 Å². The van der Waals surface area contributed by atoms with Crippen molar-refractivity contribution in [2.24, 2.45) is 5.84 Å². The van der Waals surface area contributed by atoms with Crippen molar-refractivity contribution in [3.8, 4) is 11.4 Å². The van der Waals surface area contributed by atoms with Gasteiger partial charge in [-0.1, -0.05) is 24.3 Å². The Labute approximate surface area is 110 Å². The highest BCUT2D eigenvalue weighted by atomic mass is 32.2. The smallest absolute Gasteiger partial charge is 0.162 e. The van der Waals surface area contributed by atoms with Crippen LogP contribution < -0.4 is 11.3 Å². The van der Waals surface area contributed by atoms with Gasteiger partial charge in [0.1, 0.15) is 5.82 Å². The number of thioether (sulfide) groups is 1. The molecule has 1 aromatic carbocycles. The largest absolute Gasteiger partial charge is 0.308 e. The average molecular weight is 258 g/mol. The van der Waals surface area contributed by atoms with E-state index < -0.39 is 0 Å². The lowest BCUT2D eigenvalue weighted by Crippen LogP contribution is -2.13. The minimum Gasteiger partial charge on any atom is -0.308 e. The number of hydrogen-bond donors (Lipinski definition) is 2. The molecule has 92 valence electrons. The van der Waals surface area contributed by atoms with Crippen molar-refractivity contribution in [1.29, 1.82) is 0 Å². The number of nitrogen functional groups attached to an aromatic ring is 1. The molecule has 0 saturated heterocycles. The molecule has 1 aliphatic heterocycles. The summed E-state index contributed by atoms with van der Waals surface area (Å²) in [5, 5.41) is 0. The summed E-state index contributed by atoms with van der Waals surface area (Å²) in [6.45, 7) is 2.07. The minimum atomic E-state index is 0.752. The Morgan fingerprint density at radius 3 is 2.83 bits per heavy atom. The lowest BCUT2D eigenvalue weighted by molar-refractivity contribution is 1.06. The van der Waals surface area contributed by atoms with Crippen LogP contribution >= 0.6 is 11.8 Å². The zero-order valence-electron chi connectivity index (χ0n) is 10.1. The normalized spacial score (nSPS) is 13.4. The molecular weight excluding hydrogens is 244 g/mol. The van der Waals surface area contributed by atoms with Crippen LogP contribution in [-0.2, 0) is 11.5 Å². The van der Waals surface area contributed by atoms with Crippen LogP contribution in [0, 0.1) is 6.92 Å². The molecule has 0 radical (unpaired) electrons. The minimum absolute atomic E-state index is 0.752. The molecule has 0 unspecified atom stereocenters. The highest BCUT2D eigenvalue weighted by Crippen LogP contribution is 2.34. The summed E-state index contributed by atoms with van der Waals surface area (Å²) >= 11 is 1.84. The van der Waals surface area contributed by atoms with E-state index in [1.807, 2.05) is 30.0 Å². The first-order valence-electron chi connectivity index (χ1n) is 5.79. The molecule has 0 amide bonds. The summed E-state index contributed by atoms with van der Waals surface area (Å²) in [6.07, 6.45) is 0. The molecule has 2 heterocycles. The second-order valence-electron chi connectivity index (χ2n) is 4.27. The molecule has 2 aromatic rings. The molecule has 4 nitrogen and oxygen atoms in total. The van der Waals surface area contributed by atoms with E-state index in [0.717, 1.165) is 40.0 Å². The number of rotatable bonds is 2. The quantitative estimate of drug-likeness (QED) is 0.640. The molecule has 0 spiro atoms. The Kier molecular flexibility index (Phi) is 2.93. The predicted molar refractivity (Wildman–Crippen MR) is 75.0 cm³/mol. The SMILES string of the molecule is Cc1ccccc1-c1nc2c(c(NN)n1)CSC2. The van der Waals surface area contributed by atoms with Crippen LogP contribution in [0.3, 0.4) is 0 Å². The van der Waals surface area contributed by atoms with Gasteiger partial charge in [0.2, 0.25) is 0 Å². The van der Waals surface area contributed by atoms with Crippen molar-refractivity contribution in [2.75, 3.05) is 5.43 Å². The van der Waals surface area contributed by atoms with Crippen LogP contribution in [0.15, 0.2) is 24.3 Å². The summed E-state index contributed by atoms with van der Waals surface area (Å²) in [4.78, 5) is 9.20. The number of benzene rings is 1. The average Bonchev–Trinajstić information content (AvgIpc) is 2.86. The number of fused-ring (bicyclic) bond motifs is 1. The van der Waals surface area contributed by atoms with E-state index in [4.69, 9.17) is 5.84 Å². The maximum absolute atomic E-state index is 5.56. The maximum Gasteiger partial charge on any atom is 0.162 e. The fraction of sp³-hybridized carbons (Fsp3) is 0.231. The van der Waals surface area contributed by atoms with Crippen LogP contribution in [0.1, 0.15) is 16.8 Å².